The summed E-state index contributed by atoms with van der Waals surface area (Å²) in [5.74, 6) is 0.104. The maximum Gasteiger partial charge on any atom is 0.185 e. The molecule has 2 atom stereocenters. The van der Waals surface area contributed by atoms with Crippen molar-refractivity contribution in [3.63, 3.8) is 0 Å². The Bertz CT molecular complexity index is 734. The predicted octanol–water partition coefficient (Wildman–Crippen LogP) is 5.25. The van der Waals surface area contributed by atoms with Crippen molar-refractivity contribution in [1.29, 1.82) is 0 Å². The lowest BCUT2D eigenvalue weighted by Gasteiger charge is -2.19. The number of ether oxygens (including phenoxy) is 2. The Labute approximate surface area is 165 Å². The fourth-order valence-electron chi connectivity index (χ4n) is 2.22. The molecule has 4 nitrogen and oxygen atoms in total. The van der Waals surface area contributed by atoms with E-state index in [1.165, 1.54) is 14.2 Å². The first-order chi connectivity index (χ1) is 11.4. The molecule has 2 unspecified atom stereocenters. The number of rotatable bonds is 6. The van der Waals surface area contributed by atoms with E-state index in [1.54, 1.807) is 6.07 Å². The van der Waals surface area contributed by atoms with E-state index < -0.39 is 4.83 Å². The number of halogens is 3. The van der Waals surface area contributed by atoms with E-state index >= 15 is 0 Å². The summed E-state index contributed by atoms with van der Waals surface area (Å²) in [4.78, 5) is 12.1. The van der Waals surface area contributed by atoms with Gasteiger partial charge in [-0.1, -0.05) is 62.2 Å². The van der Waals surface area contributed by atoms with E-state index in [-0.39, 0.29) is 27.7 Å². The molecule has 2 aromatic carbocycles. The zero-order chi connectivity index (χ0) is 17.9. The maximum absolute atomic E-state index is 12.9. The molecule has 2 aromatic rings. The lowest BCUT2D eigenvalue weighted by atomic mass is 10.0. The molecule has 0 saturated heterocycles. The molecule has 7 heteroatoms. The van der Waals surface area contributed by atoms with Crippen molar-refractivity contribution in [2.45, 2.75) is 9.65 Å². The minimum absolute atomic E-state index is 0.0902. The van der Waals surface area contributed by atoms with Gasteiger partial charge in [-0.05, 0) is 21.5 Å². The quantitative estimate of drug-likeness (QED) is 0.415. The number of alkyl halides is 2. The van der Waals surface area contributed by atoms with Crippen molar-refractivity contribution in [1.82, 2.24) is 0 Å². The fourth-order valence-corrected chi connectivity index (χ4v) is 3.78. The number of Topliss-reactive ketones (excluding diaryl/α,β-unsaturated/α-hetero) is 1. The van der Waals surface area contributed by atoms with Crippen molar-refractivity contribution in [3.8, 4) is 17.2 Å². The Morgan fingerprint density at radius 2 is 1.67 bits per heavy atom. The lowest BCUT2D eigenvalue weighted by molar-refractivity contribution is 0.0985. The molecule has 0 aromatic heterocycles. The number of ketones is 1. The summed E-state index contributed by atoms with van der Waals surface area (Å²) in [7, 11) is 2.91. The van der Waals surface area contributed by atoms with Crippen LogP contribution in [0.1, 0.15) is 20.7 Å². The summed E-state index contributed by atoms with van der Waals surface area (Å²) >= 11 is 10.2. The van der Waals surface area contributed by atoms with Gasteiger partial charge in [0.15, 0.2) is 5.78 Å². The number of hydrogen-bond acceptors (Lipinski definition) is 4. The zero-order valence-electron chi connectivity index (χ0n) is 12.9. The van der Waals surface area contributed by atoms with Crippen LogP contribution in [0, 0.1) is 0 Å². The van der Waals surface area contributed by atoms with Crippen molar-refractivity contribution in [2.75, 3.05) is 14.2 Å². The molecule has 0 aliphatic carbocycles. The third kappa shape index (κ3) is 3.78. The Kier molecular flexibility index (Phi) is 6.71. The van der Waals surface area contributed by atoms with Gasteiger partial charge in [-0.15, -0.1) is 0 Å². The van der Waals surface area contributed by atoms with Crippen LogP contribution in [0.15, 0.2) is 40.9 Å². The minimum atomic E-state index is -0.597. The number of methoxy groups -OCH3 is 2. The highest BCUT2D eigenvalue weighted by atomic mass is 79.9. The Morgan fingerprint density at radius 3 is 2.21 bits per heavy atom. The second kappa shape index (κ2) is 8.36. The molecule has 0 radical (unpaired) electrons. The van der Waals surface area contributed by atoms with E-state index in [1.807, 2.05) is 30.3 Å². The highest BCUT2D eigenvalue weighted by Gasteiger charge is 2.32. The molecule has 0 heterocycles. The first-order valence-corrected chi connectivity index (χ1v) is 9.55. The number of phenolic OH excluding ortho intramolecular Hbond substituents is 1. The monoisotopic (exact) mass is 520 g/mol. The topological polar surface area (TPSA) is 55.8 Å². The van der Waals surface area contributed by atoms with Crippen molar-refractivity contribution < 1.29 is 19.4 Å². The van der Waals surface area contributed by atoms with E-state index in [0.717, 1.165) is 5.56 Å². The number of benzene rings is 2. The Hall–Kier alpha value is -1.05. The normalized spacial score (nSPS) is 13.2. The summed E-state index contributed by atoms with van der Waals surface area (Å²) < 4.78 is 10.7. The number of hydrogen-bond donors (Lipinski definition) is 1. The van der Waals surface area contributed by atoms with Crippen molar-refractivity contribution in [2.24, 2.45) is 0 Å². The highest BCUT2D eigenvalue weighted by molar-refractivity contribution is 9.12. The average molecular weight is 523 g/mol. The van der Waals surface area contributed by atoms with Gasteiger partial charge >= 0.3 is 0 Å². The highest BCUT2D eigenvalue weighted by Crippen LogP contribution is 2.44. The van der Waals surface area contributed by atoms with E-state index in [9.17, 15) is 9.90 Å². The van der Waals surface area contributed by atoms with Crippen LogP contribution in [0.25, 0.3) is 0 Å². The summed E-state index contributed by atoms with van der Waals surface area (Å²) in [5, 5.41) is 10.4. The molecule has 24 heavy (non-hydrogen) atoms. The Balaban J connectivity index is 2.44. The van der Waals surface area contributed by atoms with Crippen LogP contribution in [0.4, 0.5) is 0 Å². The molecule has 0 bridgehead atoms. The smallest absolute Gasteiger partial charge is 0.185 e. The van der Waals surface area contributed by atoms with Crippen LogP contribution in [0.5, 0.6) is 17.2 Å². The van der Waals surface area contributed by atoms with Crippen LogP contribution in [-0.4, -0.2) is 29.9 Å². The zero-order valence-corrected chi connectivity index (χ0v) is 17.7. The lowest BCUT2D eigenvalue weighted by Crippen LogP contribution is -2.20. The molecule has 128 valence electrons. The molecule has 0 aliphatic rings. The standard InChI is InChI=1S/C17H15Br3O4/c1-23-10-8-11(24-2)14(19)16(21)12(10)17(22)15(20)13(18)9-6-4-3-5-7-9/h3-8,13,15,21H,1-2H3. The van der Waals surface area contributed by atoms with Gasteiger partial charge in [0.2, 0.25) is 0 Å². The van der Waals surface area contributed by atoms with E-state index in [4.69, 9.17) is 9.47 Å². The summed E-state index contributed by atoms with van der Waals surface area (Å²) in [6.45, 7) is 0. The Morgan fingerprint density at radius 1 is 1.08 bits per heavy atom. The molecule has 0 spiro atoms. The summed E-state index contributed by atoms with van der Waals surface area (Å²) in [6.07, 6.45) is 0. The second-order valence-electron chi connectivity index (χ2n) is 4.90. The van der Waals surface area contributed by atoms with Gasteiger partial charge < -0.3 is 14.6 Å². The number of carbonyl (C=O) groups excluding carboxylic acids is 1. The molecular formula is C17H15Br3O4. The molecule has 0 fully saturated rings. The van der Waals surface area contributed by atoms with Gasteiger partial charge in [-0.25, -0.2) is 0 Å². The third-order valence-electron chi connectivity index (χ3n) is 3.48. The minimum Gasteiger partial charge on any atom is -0.506 e. The van der Waals surface area contributed by atoms with Crippen LogP contribution in [0.3, 0.4) is 0 Å². The third-order valence-corrected chi connectivity index (χ3v) is 6.96. The van der Waals surface area contributed by atoms with Gasteiger partial charge in [0.1, 0.15) is 27.3 Å². The number of aromatic hydroxyl groups is 1. The van der Waals surface area contributed by atoms with Gasteiger partial charge in [0.05, 0.1) is 23.9 Å². The van der Waals surface area contributed by atoms with E-state index in [0.29, 0.717) is 10.2 Å². The molecule has 2 rings (SSSR count). The van der Waals surface area contributed by atoms with Crippen molar-refractivity contribution in [3.05, 3.63) is 52.0 Å². The average Bonchev–Trinajstić information content (AvgIpc) is 2.62. The molecule has 0 aliphatic heterocycles. The van der Waals surface area contributed by atoms with Crippen LogP contribution in [-0.2, 0) is 0 Å². The molecule has 0 amide bonds. The van der Waals surface area contributed by atoms with Crippen molar-refractivity contribution >= 4 is 53.6 Å². The summed E-state index contributed by atoms with van der Waals surface area (Å²) in [5.41, 5.74) is 1.03. The van der Waals surface area contributed by atoms with Gasteiger partial charge in [-0.2, -0.15) is 0 Å². The van der Waals surface area contributed by atoms with Crippen LogP contribution < -0.4 is 9.47 Å². The molecular weight excluding hydrogens is 508 g/mol. The van der Waals surface area contributed by atoms with Gasteiger partial charge in [0, 0.05) is 6.07 Å². The van der Waals surface area contributed by atoms with Crippen LogP contribution in [0.2, 0.25) is 0 Å². The fraction of sp³-hybridized carbons (Fsp3) is 0.235. The SMILES string of the molecule is COc1cc(OC)c(C(=O)C(Br)C(Br)c2ccccc2)c(O)c1Br. The number of carbonyl (C=O) groups is 1. The summed E-state index contributed by atoms with van der Waals surface area (Å²) in [6, 6.07) is 11.1. The van der Waals surface area contributed by atoms with Gasteiger partial charge in [0.25, 0.3) is 0 Å². The predicted molar refractivity (Wildman–Crippen MR) is 104 cm³/mol. The number of phenols is 1. The van der Waals surface area contributed by atoms with E-state index in [2.05, 4.69) is 47.8 Å². The van der Waals surface area contributed by atoms with Gasteiger partial charge in [-0.3, -0.25) is 4.79 Å². The molecule has 1 N–H and O–H groups in total. The second-order valence-corrected chi connectivity index (χ2v) is 7.66. The molecule has 0 saturated carbocycles. The first-order valence-electron chi connectivity index (χ1n) is 6.93. The first kappa shape index (κ1) is 19.3. The maximum atomic E-state index is 12.9. The largest absolute Gasteiger partial charge is 0.506 e. The van der Waals surface area contributed by atoms with Crippen LogP contribution >= 0.6 is 47.8 Å².